The zero-order valence-electron chi connectivity index (χ0n) is 16.2. The van der Waals surface area contributed by atoms with Crippen LogP contribution in [-0.4, -0.2) is 15.5 Å². The van der Waals surface area contributed by atoms with Crippen LogP contribution in [0.1, 0.15) is 12.5 Å². The summed E-state index contributed by atoms with van der Waals surface area (Å²) in [5, 5.41) is 3.91. The van der Waals surface area contributed by atoms with Crippen molar-refractivity contribution in [3.8, 4) is 11.1 Å². The second kappa shape index (κ2) is 7.79. The Hall–Kier alpha value is -4.00. The van der Waals surface area contributed by atoms with Crippen LogP contribution in [0.5, 0.6) is 0 Å². The van der Waals surface area contributed by atoms with Gasteiger partial charge in [-0.1, -0.05) is 6.07 Å². The van der Waals surface area contributed by atoms with Crippen molar-refractivity contribution in [2.24, 2.45) is 0 Å². The first-order chi connectivity index (χ1) is 14.4. The minimum absolute atomic E-state index is 0.182. The van der Waals surface area contributed by atoms with Crippen molar-refractivity contribution in [3.63, 3.8) is 0 Å². The standard InChI is InChI=1S/C23H19FN4O2/c1-14(29)27-20-9-15(8-19(24)12-20)13-28-7-5-18-10-16(2-3-21(18)23(28)30)17-4-6-26-22(25)11-17/h2-12H,13H2,1H3,(H2,25,26)(H,27,29). The summed E-state index contributed by atoms with van der Waals surface area (Å²) in [6, 6.07) is 15.3. The monoisotopic (exact) mass is 402 g/mol. The van der Waals surface area contributed by atoms with Crippen molar-refractivity contribution < 1.29 is 9.18 Å². The maximum absolute atomic E-state index is 13.9. The average Bonchev–Trinajstić information content (AvgIpc) is 2.69. The van der Waals surface area contributed by atoms with E-state index in [0.717, 1.165) is 16.5 Å². The Bertz CT molecular complexity index is 1330. The molecule has 0 unspecified atom stereocenters. The number of rotatable bonds is 4. The molecule has 6 nitrogen and oxygen atoms in total. The van der Waals surface area contributed by atoms with Gasteiger partial charge < -0.3 is 15.6 Å². The fourth-order valence-corrected chi connectivity index (χ4v) is 3.43. The number of nitrogen functional groups attached to an aromatic ring is 1. The molecule has 4 aromatic rings. The third kappa shape index (κ3) is 4.05. The number of anilines is 2. The molecule has 30 heavy (non-hydrogen) atoms. The molecule has 0 spiro atoms. The lowest BCUT2D eigenvalue weighted by atomic mass is 10.0. The highest BCUT2D eigenvalue weighted by atomic mass is 19.1. The van der Waals surface area contributed by atoms with E-state index < -0.39 is 5.82 Å². The van der Waals surface area contributed by atoms with Crippen LogP contribution in [0.3, 0.4) is 0 Å². The van der Waals surface area contributed by atoms with Crippen molar-refractivity contribution >= 4 is 28.2 Å². The molecule has 0 fully saturated rings. The van der Waals surface area contributed by atoms with E-state index in [9.17, 15) is 14.0 Å². The summed E-state index contributed by atoms with van der Waals surface area (Å²) in [6.45, 7) is 1.54. The van der Waals surface area contributed by atoms with Gasteiger partial charge in [-0.25, -0.2) is 9.37 Å². The van der Waals surface area contributed by atoms with Crippen molar-refractivity contribution in [1.29, 1.82) is 0 Å². The summed E-state index contributed by atoms with van der Waals surface area (Å²) >= 11 is 0. The summed E-state index contributed by atoms with van der Waals surface area (Å²) in [4.78, 5) is 28.2. The van der Waals surface area contributed by atoms with Gasteiger partial charge in [-0.15, -0.1) is 0 Å². The van der Waals surface area contributed by atoms with Crippen molar-refractivity contribution in [1.82, 2.24) is 9.55 Å². The topological polar surface area (TPSA) is 90.0 Å². The molecule has 2 heterocycles. The molecular formula is C23H19FN4O2. The van der Waals surface area contributed by atoms with Crippen LogP contribution < -0.4 is 16.6 Å². The zero-order valence-corrected chi connectivity index (χ0v) is 16.2. The predicted molar refractivity (Wildman–Crippen MR) is 116 cm³/mol. The normalized spacial score (nSPS) is 10.9. The van der Waals surface area contributed by atoms with Crippen molar-refractivity contribution in [3.05, 3.63) is 88.7 Å². The minimum Gasteiger partial charge on any atom is -0.384 e. The van der Waals surface area contributed by atoms with E-state index in [0.29, 0.717) is 22.5 Å². The molecular weight excluding hydrogens is 383 g/mol. The largest absolute Gasteiger partial charge is 0.384 e. The van der Waals surface area contributed by atoms with Crippen LogP contribution in [-0.2, 0) is 11.3 Å². The number of nitrogens with zero attached hydrogens (tertiary/aromatic N) is 2. The summed E-state index contributed by atoms with van der Waals surface area (Å²) in [5.41, 5.74) is 8.35. The number of hydrogen-bond acceptors (Lipinski definition) is 4. The molecule has 7 heteroatoms. The Kier molecular flexibility index (Phi) is 5.02. The Morgan fingerprint density at radius 2 is 1.90 bits per heavy atom. The van der Waals surface area contributed by atoms with Gasteiger partial charge >= 0.3 is 0 Å². The lowest BCUT2D eigenvalue weighted by molar-refractivity contribution is -0.114. The van der Waals surface area contributed by atoms with E-state index in [-0.39, 0.29) is 18.0 Å². The van der Waals surface area contributed by atoms with E-state index >= 15 is 0 Å². The minimum atomic E-state index is -0.480. The van der Waals surface area contributed by atoms with Crippen LogP contribution in [0.2, 0.25) is 0 Å². The quantitative estimate of drug-likeness (QED) is 0.543. The number of pyridine rings is 2. The fraction of sp³-hybridized carbons (Fsp3) is 0.0870. The highest BCUT2D eigenvalue weighted by molar-refractivity contribution is 5.89. The molecule has 0 atom stereocenters. The number of aromatic nitrogens is 2. The van der Waals surface area contributed by atoms with Crippen molar-refractivity contribution in [2.75, 3.05) is 11.1 Å². The summed E-state index contributed by atoms with van der Waals surface area (Å²) in [6.07, 6.45) is 3.32. The number of fused-ring (bicyclic) bond motifs is 1. The molecule has 0 radical (unpaired) electrons. The number of carbonyl (C=O) groups is 1. The Morgan fingerprint density at radius 3 is 2.67 bits per heavy atom. The molecule has 4 rings (SSSR count). The van der Waals surface area contributed by atoms with E-state index in [1.807, 2.05) is 24.3 Å². The first-order valence-corrected chi connectivity index (χ1v) is 9.31. The Labute approximate surface area is 171 Å². The summed E-state index contributed by atoms with van der Waals surface area (Å²) < 4.78 is 15.4. The van der Waals surface area contributed by atoms with Crippen molar-refractivity contribution in [2.45, 2.75) is 13.5 Å². The number of hydrogen-bond donors (Lipinski definition) is 2. The number of nitrogens with two attached hydrogens (primary N) is 1. The van der Waals surface area contributed by atoms with Crippen LogP contribution >= 0.6 is 0 Å². The average molecular weight is 402 g/mol. The smallest absolute Gasteiger partial charge is 0.258 e. The molecule has 3 N–H and O–H groups in total. The number of benzene rings is 2. The first kappa shape index (κ1) is 19.3. The highest BCUT2D eigenvalue weighted by Crippen LogP contribution is 2.24. The van der Waals surface area contributed by atoms with Crippen LogP contribution in [0.25, 0.3) is 21.9 Å². The Balaban J connectivity index is 1.69. The van der Waals surface area contributed by atoms with Gasteiger partial charge in [0.05, 0.1) is 6.54 Å². The van der Waals surface area contributed by atoms with Crippen LogP contribution in [0.4, 0.5) is 15.9 Å². The number of halogens is 1. The molecule has 2 aromatic heterocycles. The van der Waals surface area contributed by atoms with E-state index in [1.165, 1.54) is 23.6 Å². The van der Waals surface area contributed by atoms with E-state index in [4.69, 9.17) is 5.73 Å². The molecule has 2 aromatic carbocycles. The molecule has 0 bridgehead atoms. The number of nitrogens with one attached hydrogen (secondary N) is 1. The SMILES string of the molecule is CC(=O)Nc1cc(F)cc(Cn2ccc3cc(-c4ccnc(N)c4)ccc3c2=O)c1. The lowest BCUT2D eigenvalue weighted by Crippen LogP contribution is -2.20. The second-order valence-corrected chi connectivity index (χ2v) is 7.05. The molecule has 0 saturated heterocycles. The molecule has 150 valence electrons. The van der Waals surface area contributed by atoms with E-state index in [2.05, 4.69) is 10.3 Å². The maximum atomic E-state index is 13.9. The molecule has 0 aliphatic heterocycles. The lowest BCUT2D eigenvalue weighted by Gasteiger charge is -2.11. The summed E-state index contributed by atoms with van der Waals surface area (Å²) in [5.74, 6) is -0.343. The van der Waals surface area contributed by atoms with Gasteiger partial charge in [0.25, 0.3) is 5.56 Å². The van der Waals surface area contributed by atoms with Gasteiger partial charge in [-0.05, 0) is 70.6 Å². The first-order valence-electron chi connectivity index (χ1n) is 9.31. The third-order valence-electron chi connectivity index (χ3n) is 4.72. The van der Waals surface area contributed by atoms with Gasteiger partial charge in [0, 0.05) is 30.4 Å². The van der Waals surface area contributed by atoms with Gasteiger partial charge in [0.2, 0.25) is 5.91 Å². The van der Waals surface area contributed by atoms with Gasteiger partial charge in [-0.2, -0.15) is 0 Å². The van der Waals surface area contributed by atoms with Crippen LogP contribution in [0.15, 0.2) is 71.8 Å². The predicted octanol–water partition coefficient (Wildman–Crippen LogP) is 3.79. The van der Waals surface area contributed by atoms with E-state index in [1.54, 1.807) is 30.6 Å². The van der Waals surface area contributed by atoms with Gasteiger partial charge in [-0.3, -0.25) is 9.59 Å². The highest BCUT2D eigenvalue weighted by Gasteiger charge is 2.08. The second-order valence-electron chi connectivity index (χ2n) is 7.05. The summed E-state index contributed by atoms with van der Waals surface area (Å²) in [7, 11) is 0. The number of amides is 1. The van der Waals surface area contributed by atoms with Gasteiger partial charge in [0.1, 0.15) is 11.6 Å². The van der Waals surface area contributed by atoms with Gasteiger partial charge in [0.15, 0.2) is 0 Å². The Morgan fingerprint density at radius 1 is 1.10 bits per heavy atom. The molecule has 0 aliphatic rings. The van der Waals surface area contributed by atoms with Crippen LogP contribution in [0, 0.1) is 5.82 Å². The third-order valence-corrected chi connectivity index (χ3v) is 4.72. The fourth-order valence-electron chi connectivity index (χ4n) is 3.43. The molecule has 0 aliphatic carbocycles. The number of carbonyl (C=O) groups excluding carboxylic acids is 1. The maximum Gasteiger partial charge on any atom is 0.258 e. The zero-order chi connectivity index (χ0) is 21.3. The molecule has 0 saturated carbocycles. The molecule has 1 amide bonds.